The van der Waals surface area contributed by atoms with Crippen LogP contribution in [0.3, 0.4) is 0 Å². The minimum Gasteiger partial charge on any atom is -0.489 e. The predicted molar refractivity (Wildman–Crippen MR) is 153 cm³/mol. The molecule has 38 heavy (non-hydrogen) atoms. The van der Waals surface area contributed by atoms with Crippen molar-refractivity contribution in [2.45, 2.75) is 6.61 Å². The van der Waals surface area contributed by atoms with Gasteiger partial charge in [-0.15, -0.1) is 0 Å². The van der Waals surface area contributed by atoms with Gasteiger partial charge in [0.1, 0.15) is 12.4 Å². The van der Waals surface area contributed by atoms with Crippen LogP contribution >= 0.6 is 7.60 Å². The molecule has 0 radical (unpaired) electrons. The Kier molecular flexibility index (Phi) is 6.26. The molecule has 0 saturated carbocycles. The molecule has 0 spiro atoms. The van der Waals surface area contributed by atoms with E-state index in [-0.39, 0.29) is 5.44 Å². The number of hydrogen-bond donors (Lipinski definition) is 2. The van der Waals surface area contributed by atoms with E-state index < -0.39 is 7.60 Å². The summed E-state index contributed by atoms with van der Waals surface area (Å²) in [4.78, 5) is 24.1. The molecular formula is C32H24NO4P. The second kappa shape index (κ2) is 9.88. The van der Waals surface area contributed by atoms with Gasteiger partial charge in [0.2, 0.25) is 0 Å². The lowest BCUT2D eigenvalue weighted by Gasteiger charge is -2.15. The van der Waals surface area contributed by atoms with Crippen molar-refractivity contribution >= 4 is 34.7 Å². The fraction of sp³-hybridized carbons (Fsp3) is 0.0312. The molecule has 0 fully saturated rings. The highest BCUT2D eigenvalue weighted by molar-refractivity contribution is 7.60. The van der Waals surface area contributed by atoms with Crippen LogP contribution in [0.5, 0.6) is 5.75 Å². The Morgan fingerprint density at radius 3 is 2.26 bits per heavy atom. The average Bonchev–Trinajstić information content (AvgIpc) is 2.95. The molecule has 5 nitrogen and oxygen atoms in total. The van der Waals surface area contributed by atoms with Gasteiger partial charge in [0.05, 0.1) is 5.52 Å². The van der Waals surface area contributed by atoms with E-state index in [4.69, 9.17) is 4.74 Å². The maximum atomic E-state index is 12.0. The van der Waals surface area contributed by atoms with Crippen molar-refractivity contribution in [1.29, 1.82) is 0 Å². The third kappa shape index (κ3) is 4.83. The van der Waals surface area contributed by atoms with Gasteiger partial charge in [0.25, 0.3) is 0 Å². The number of benzene rings is 5. The van der Waals surface area contributed by atoms with Crippen LogP contribution in [0.25, 0.3) is 43.9 Å². The number of fused-ring (bicyclic) bond motifs is 2. The van der Waals surface area contributed by atoms with Gasteiger partial charge in [0, 0.05) is 10.9 Å². The van der Waals surface area contributed by atoms with Crippen LogP contribution in [0.15, 0.2) is 121 Å². The van der Waals surface area contributed by atoms with Gasteiger partial charge >= 0.3 is 7.60 Å². The summed E-state index contributed by atoms with van der Waals surface area (Å²) in [5.41, 5.74) is 5.07. The van der Waals surface area contributed by atoms with Crippen LogP contribution in [0.2, 0.25) is 0 Å². The van der Waals surface area contributed by atoms with E-state index in [1.807, 2.05) is 109 Å². The summed E-state index contributed by atoms with van der Waals surface area (Å²) >= 11 is 0. The molecule has 0 amide bonds. The van der Waals surface area contributed by atoms with Crippen molar-refractivity contribution in [1.82, 2.24) is 4.98 Å². The summed E-state index contributed by atoms with van der Waals surface area (Å²) in [6, 6.07) is 39.3. The SMILES string of the molecule is O=P(O)(O)c1ccc2cc(-c3cccc(OCc4ccccc4)c3)cc(-c3cccc4ccccc34)c2n1. The molecule has 186 valence electrons. The lowest BCUT2D eigenvalue weighted by atomic mass is 9.92. The molecule has 5 aromatic carbocycles. The van der Waals surface area contributed by atoms with Crippen LogP contribution in [0.4, 0.5) is 0 Å². The van der Waals surface area contributed by atoms with E-state index in [0.29, 0.717) is 12.1 Å². The van der Waals surface area contributed by atoms with Crippen LogP contribution in [0.1, 0.15) is 5.56 Å². The monoisotopic (exact) mass is 517 g/mol. The van der Waals surface area contributed by atoms with E-state index in [2.05, 4.69) is 4.98 Å². The molecule has 1 aromatic heterocycles. The first-order valence-electron chi connectivity index (χ1n) is 12.2. The smallest absolute Gasteiger partial charge is 0.374 e. The molecule has 6 rings (SSSR count). The second-order valence-corrected chi connectivity index (χ2v) is 10.7. The quantitative estimate of drug-likeness (QED) is 0.230. The maximum Gasteiger partial charge on any atom is 0.374 e. The average molecular weight is 518 g/mol. The van der Waals surface area contributed by atoms with Crippen LogP contribution in [-0.2, 0) is 11.2 Å². The lowest BCUT2D eigenvalue weighted by molar-refractivity contribution is 0.306. The highest BCUT2D eigenvalue weighted by Crippen LogP contribution is 2.39. The van der Waals surface area contributed by atoms with Gasteiger partial charge in [-0.25, -0.2) is 4.98 Å². The van der Waals surface area contributed by atoms with Gasteiger partial charge in [-0.3, -0.25) is 4.57 Å². The topological polar surface area (TPSA) is 79.7 Å². The Balaban J connectivity index is 1.51. The van der Waals surface area contributed by atoms with E-state index >= 15 is 0 Å². The third-order valence-corrected chi connectivity index (χ3v) is 7.42. The van der Waals surface area contributed by atoms with Crippen molar-refractivity contribution in [2.24, 2.45) is 0 Å². The molecule has 1 heterocycles. The Hall–Kier alpha value is -4.28. The van der Waals surface area contributed by atoms with Crippen molar-refractivity contribution in [2.75, 3.05) is 0 Å². The molecule has 0 unspecified atom stereocenters. The molecule has 6 aromatic rings. The third-order valence-electron chi connectivity index (χ3n) is 6.57. The highest BCUT2D eigenvalue weighted by Gasteiger charge is 2.21. The molecule has 0 aliphatic carbocycles. The minimum atomic E-state index is -4.52. The molecule has 2 N–H and O–H groups in total. The first-order valence-corrected chi connectivity index (χ1v) is 13.8. The zero-order chi connectivity index (χ0) is 26.1. The Morgan fingerprint density at radius 2 is 1.42 bits per heavy atom. The number of aromatic nitrogens is 1. The Labute approximate surface area is 220 Å². The van der Waals surface area contributed by atoms with Gasteiger partial charge in [-0.1, -0.05) is 91.0 Å². The number of nitrogens with zero attached hydrogens (tertiary/aromatic N) is 1. The highest BCUT2D eigenvalue weighted by atomic mass is 31.2. The van der Waals surface area contributed by atoms with E-state index in [1.54, 1.807) is 6.07 Å². The summed E-state index contributed by atoms with van der Waals surface area (Å²) in [6.45, 7) is 0.471. The van der Waals surface area contributed by atoms with Gasteiger partial charge in [-0.2, -0.15) is 0 Å². The minimum absolute atomic E-state index is 0.240. The van der Waals surface area contributed by atoms with E-state index in [0.717, 1.165) is 49.7 Å². The van der Waals surface area contributed by atoms with Crippen molar-refractivity contribution in [3.8, 4) is 28.0 Å². The van der Waals surface area contributed by atoms with Crippen LogP contribution in [-0.4, -0.2) is 14.8 Å². The molecule has 0 bridgehead atoms. The van der Waals surface area contributed by atoms with Gasteiger partial charge < -0.3 is 14.5 Å². The standard InChI is InChI=1S/C32H24NO4P/c34-38(35,36)31-17-16-25-18-26(24-12-6-13-27(19-24)37-21-22-8-2-1-3-9-22)20-30(32(25)33-31)29-15-7-11-23-10-4-5-14-28(23)29/h1-20H,21H2,(H2,34,35,36). The first kappa shape index (κ1) is 24.1. The molecule has 6 heteroatoms. The molecule has 0 saturated heterocycles. The van der Waals surface area contributed by atoms with Gasteiger partial charge in [-0.05, 0) is 63.4 Å². The number of rotatable bonds is 6. The lowest BCUT2D eigenvalue weighted by Crippen LogP contribution is -2.09. The largest absolute Gasteiger partial charge is 0.489 e. The van der Waals surface area contributed by atoms with Crippen molar-refractivity contribution < 1.29 is 19.1 Å². The summed E-state index contributed by atoms with van der Waals surface area (Å²) in [5.74, 6) is 0.758. The normalized spacial score (nSPS) is 11.6. The van der Waals surface area contributed by atoms with Crippen molar-refractivity contribution in [3.63, 3.8) is 0 Å². The fourth-order valence-electron chi connectivity index (χ4n) is 4.73. The first-order chi connectivity index (χ1) is 18.5. The van der Waals surface area contributed by atoms with Crippen molar-refractivity contribution in [3.05, 3.63) is 127 Å². The zero-order valence-electron chi connectivity index (χ0n) is 20.4. The molecular weight excluding hydrogens is 493 g/mol. The molecule has 0 aliphatic heterocycles. The van der Waals surface area contributed by atoms with Crippen LogP contribution < -0.4 is 10.2 Å². The number of pyridine rings is 1. The van der Waals surface area contributed by atoms with E-state index in [1.165, 1.54) is 6.07 Å². The number of ether oxygens (including phenoxy) is 1. The fourth-order valence-corrected chi connectivity index (χ4v) is 5.22. The molecule has 0 atom stereocenters. The Bertz CT molecular complexity index is 1820. The number of hydrogen-bond acceptors (Lipinski definition) is 3. The zero-order valence-corrected chi connectivity index (χ0v) is 21.3. The predicted octanol–water partition coefficient (Wildman–Crippen LogP) is 7.10. The Morgan fingerprint density at radius 1 is 0.658 bits per heavy atom. The van der Waals surface area contributed by atoms with Gasteiger partial charge in [0.15, 0.2) is 5.44 Å². The summed E-state index contributed by atoms with van der Waals surface area (Å²) < 4.78 is 18.1. The van der Waals surface area contributed by atoms with Crippen LogP contribution in [0, 0.1) is 0 Å². The summed E-state index contributed by atoms with van der Waals surface area (Å²) in [6.07, 6.45) is 0. The molecule has 0 aliphatic rings. The summed E-state index contributed by atoms with van der Waals surface area (Å²) in [5, 5.41) is 2.90. The van der Waals surface area contributed by atoms with E-state index in [9.17, 15) is 14.4 Å². The maximum absolute atomic E-state index is 12.0. The summed E-state index contributed by atoms with van der Waals surface area (Å²) in [7, 11) is -4.52. The second-order valence-electron chi connectivity index (χ2n) is 9.14.